The van der Waals surface area contributed by atoms with Gasteiger partial charge in [-0.25, -0.2) is 13.9 Å². The zero-order valence-corrected chi connectivity index (χ0v) is 18.3. The van der Waals surface area contributed by atoms with Crippen LogP contribution in [0.15, 0.2) is 89.5 Å². The highest BCUT2D eigenvalue weighted by Crippen LogP contribution is 2.24. The van der Waals surface area contributed by atoms with Crippen molar-refractivity contribution < 1.29 is 18.7 Å². The molecule has 0 saturated heterocycles. The van der Waals surface area contributed by atoms with Crippen molar-refractivity contribution in [1.29, 1.82) is 0 Å². The molecule has 0 radical (unpaired) electrons. The lowest BCUT2D eigenvalue weighted by Gasteiger charge is -2.08. The number of aromatic nitrogens is 2. The number of rotatable bonds is 6. The number of hydrogen-bond acceptors (Lipinski definition) is 4. The first-order valence-corrected chi connectivity index (χ1v) is 10.4. The summed E-state index contributed by atoms with van der Waals surface area (Å²) >= 11 is 3.15. The molecule has 32 heavy (non-hydrogen) atoms. The first kappa shape index (κ1) is 21.5. The van der Waals surface area contributed by atoms with E-state index < -0.39 is 24.3 Å². The zero-order valence-electron chi connectivity index (χ0n) is 16.7. The molecule has 0 aliphatic carbocycles. The number of para-hydroxylation sites is 1. The monoisotopic (exact) mass is 493 g/mol. The summed E-state index contributed by atoms with van der Waals surface area (Å²) in [6.07, 6.45) is 1.56. The van der Waals surface area contributed by atoms with E-state index in [1.165, 1.54) is 12.1 Å². The molecule has 1 N–H and O–H groups in total. The van der Waals surface area contributed by atoms with Crippen LogP contribution in [0.1, 0.15) is 10.4 Å². The van der Waals surface area contributed by atoms with Gasteiger partial charge in [0.1, 0.15) is 17.1 Å². The maximum absolute atomic E-state index is 13.9. The highest BCUT2D eigenvalue weighted by molar-refractivity contribution is 9.10. The van der Waals surface area contributed by atoms with E-state index in [1.807, 2.05) is 60.7 Å². The molecule has 0 aliphatic heterocycles. The Kier molecular flexibility index (Phi) is 6.42. The number of esters is 1. The standard InChI is InChI=1S/C24H17BrFN3O3/c25-17-11-12-21(20(26)13-17)27-22(30)15-32-24(31)19-14-29(18-9-5-2-6-10-18)28-23(19)16-7-3-1-4-8-16/h1-14H,15H2,(H,27,30). The van der Waals surface area contributed by atoms with Gasteiger partial charge in [0.2, 0.25) is 0 Å². The van der Waals surface area contributed by atoms with Crippen LogP contribution in [0, 0.1) is 5.82 Å². The topological polar surface area (TPSA) is 73.2 Å². The summed E-state index contributed by atoms with van der Waals surface area (Å²) in [5.41, 5.74) is 2.14. The van der Waals surface area contributed by atoms with Crippen molar-refractivity contribution in [1.82, 2.24) is 9.78 Å². The number of amides is 1. The average molecular weight is 494 g/mol. The van der Waals surface area contributed by atoms with Crippen LogP contribution in [0.25, 0.3) is 16.9 Å². The number of halogens is 2. The summed E-state index contributed by atoms with van der Waals surface area (Å²) in [6.45, 7) is -0.570. The van der Waals surface area contributed by atoms with Crippen LogP contribution < -0.4 is 5.32 Å². The molecular weight excluding hydrogens is 477 g/mol. The van der Waals surface area contributed by atoms with Crippen LogP contribution in [0.5, 0.6) is 0 Å². The predicted molar refractivity (Wildman–Crippen MR) is 122 cm³/mol. The molecule has 1 amide bonds. The van der Waals surface area contributed by atoms with Gasteiger partial charge in [0.25, 0.3) is 5.91 Å². The normalized spacial score (nSPS) is 10.6. The fraction of sp³-hybridized carbons (Fsp3) is 0.0417. The summed E-state index contributed by atoms with van der Waals surface area (Å²) < 4.78 is 21.2. The van der Waals surface area contributed by atoms with Crippen molar-refractivity contribution in [3.63, 3.8) is 0 Å². The molecule has 0 saturated carbocycles. The highest BCUT2D eigenvalue weighted by atomic mass is 79.9. The average Bonchev–Trinajstić information content (AvgIpc) is 3.26. The molecule has 4 rings (SSSR count). The molecular formula is C24H17BrFN3O3. The van der Waals surface area contributed by atoms with Gasteiger partial charge in [0.15, 0.2) is 6.61 Å². The van der Waals surface area contributed by atoms with Gasteiger partial charge in [-0.05, 0) is 30.3 Å². The van der Waals surface area contributed by atoms with Crippen molar-refractivity contribution in [3.05, 3.63) is 101 Å². The van der Waals surface area contributed by atoms with Crippen LogP contribution in [0.3, 0.4) is 0 Å². The summed E-state index contributed by atoms with van der Waals surface area (Å²) in [5, 5.41) is 6.94. The Morgan fingerprint density at radius 3 is 2.38 bits per heavy atom. The van der Waals surface area contributed by atoms with Gasteiger partial charge in [0.05, 0.1) is 11.4 Å². The van der Waals surface area contributed by atoms with Crippen molar-refractivity contribution in [2.75, 3.05) is 11.9 Å². The Bertz CT molecular complexity index is 1260. The zero-order chi connectivity index (χ0) is 22.5. The summed E-state index contributed by atoms with van der Waals surface area (Å²) in [5.74, 6) is -1.97. The third-order valence-corrected chi connectivity index (χ3v) is 5.03. The Morgan fingerprint density at radius 2 is 1.69 bits per heavy atom. The lowest BCUT2D eigenvalue weighted by molar-refractivity contribution is -0.119. The number of hydrogen-bond donors (Lipinski definition) is 1. The predicted octanol–water partition coefficient (Wildman–Crippen LogP) is 5.24. The Labute approximate surface area is 191 Å². The maximum Gasteiger partial charge on any atom is 0.342 e. The van der Waals surface area contributed by atoms with Crippen LogP contribution in [0.2, 0.25) is 0 Å². The molecule has 1 heterocycles. The van der Waals surface area contributed by atoms with Crippen LogP contribution >= 0.6 is 15.9 Å². The molecule has 6 nitrogen and oxygen atoms in total. The van der Waals surface area contributed by atoms with E-state index in [0.717, 1.165) is 11.3 Å². The third-order valence-electron chi connectivity index (χ3n) is 4.54. The molecule has 4 aromatic rings. The minimum atomic E-state index is -0.711. The molecule has 0 aliphatic rings. The molecule has 0 atom stereocenters. The molecule has 0 spiro atoms. The lowest BCUT2D eigenvalue weighted by Crippen LogP contribution is -2.21. The molecule has 3 aromatic carbocycles. The number of nitrogens with zero attached hydrogens (tertiary/aromatic N) is 2. The smallest absolute Gasteiger partial charge is 0.342 e. The van der Waals surface area contributed by atoms with Crippen molar-refractivity contribution in [3.8, 4) is 16.9 Å². The van der Waals surface area contributed by atoms with Gasteiger partial charge in [-0.2, -0.15) is 5.10 Å². The fourth-order valence-corrected chi connectivity index (χ4v) is 3.36. The van der Waals surface area contributed by atoms with E-state index >= 15 is 0 Å². The fourth-order valence-electron chi connectivity index (χ4n) is 3.03. The number of ether oxygens (including phenoxy) is 1. The van der Waals surface area contributed by atoms with Crippen LogP contribution in [-0.2, 0) is 9.53 Å². The Morgan fingerprint density at radius 1 is 1.00 bits per heavy atom. The quantitative estimate of drug-likeness (QED) is 0.373. The molecule has 160 valence electrons. The number of benzene rings is 3. The van der Waals surface area contributed by atoms with E-state index in [-0.39, 0.29) is 11.3 Å². The number of nitrogens with one attached hydrogen (secondary N) is 1. The van der Waals surface area contributed by atoms with Gasteiger partial charge >= 0.3 is 5.97 Å². The lowest BCUT2D eigenvalue weighted by atomic mass is 10.1. The molecule has 1 aromatic heterocycles. The second-order valence-electron chi connectivity index (χ2n) is 6.79. The minimum Gasteiger partial charge on any atom is -0.452 e. The largest absolute Gasteiger partial charge is 0.452 e. The SMILES string of the molecule is O=C(COC(=O)c1cn(-c2ccccc2)nc1-c1ccccc1)Nc1ccc(Br)cc1F. The van der Waals surface area contributed by atoms with Gasteiger partial charge in [-0.1, -0.05) is 64.5 Å². The first-order chi connectivity index (χ1) is 15.5. The van der Waals surface area contributed by atoms with Crippen molar-refractivity contribution >= 4 is 33.5 Å². The van der Waals surface area contributed by atoms with E-state index in [9.17, 15) is 14.0 Å². The van der Waals surface area contributed by atoms with Crippen LogP contribution in [0.4, 0.5) is 10.1 Å². The summed E-state index contributed by atoms with van der Waals surface area (Å²) in [4.78, 5) is 25.0. The minimum absolute atomic E-state index is 0.00359. The molecule has 0 fully saturated rings. The molecule has 0 bridgehead atoms. The van der Waals surface area contributed by atoms with Gasteiger partial charge in [0, 0.05) is 16.2 Å². The van der Waals surface area contributed by atoms with E-state index in [1.54, 1.807) is 16.9 Å². The Balaban J connectivity index is 1.53. The third kappa shape index (κ3) is 4.92. The second kappa shape index (κ2) is 9.57. The number of carbonyl (C=O) groups is 2. The highest BCUT2D eigenvalue weighted by Gasteiger charge is 2.21. The van der Waals surface area contributed by atoms with Crippen molar-refractivity contribution in [2.45, 2.75) is 0 Å². The molecule has 0 unspecified atom stereocenters. The number of carbonyl (C=O) groups excluding carboxylic acids is 2. The second-order valence-corrected chi connectivity index (χ2v) is 7.70. The Hall–Kier alpha value is -3.78. The van der Waals surface area contributed by atoms with Crippen LogP contribution in [-0.4, -0.2) is 28.3 Å². The van der Waals surface area contributed by atoms with E-state index in [2.05, 4.69) is 26.3 Å². The van der Waals surface area contributed by atoms with Gasteiger partial charge in [-0.15, -0.1) is 0 Å². The van der Waals surface area contributed by atoms with E-state index in [0.29, 0.717) is 10.2 Å². The maximum atomic E-state index is 13.9. The van der Waals surface area contributed by atoms with Gasteiger partial charge in [-0.3, -0.25) is 4.79 Å². The summed E-state index contributed by atoms with van der Waals surface area (Å²) in [7, 11) is 0. The van der Waals surface area contributed by atoms with Crippen molar-refractivity contribution in [2.24, 2.45) is 0 Å². The summed E-state index contributed by atoms with van der Waals surface area (Å²) in [6, 6.07) is 22.8. The van der Waals surface area contributed by atoms with E-state index in [4.69, 9.17) is 4.74 Å². The molecule has 8 heteroatoms. The van der Waals surface area contributed by atoms with Gasteiger partial charge < -0.3 is 10.1 Å². The number of anilines is 1. The first-order valence-electron chi connectivity index (χ1n) is 9.64.